The Morgan fingerprint density at radius 1 is 0.900 bits per heavy atom. The van der Waals surface area contributed by atoms with Crippen molar-refractivity contribution in [2.24, 2.45) is 5.73 Å². The maximum Gasteiger partial charge on any atom is 0.00631 e. The summed E-state index contributed by atoms with van der Waals surface area (Å²) in [5.41, 5.74) is 5.95. The smallest absolute Gasteiger partial charge is 0.00631 e. The van der Waals surface area contributed by atoms with Crippen molar-refractivity contribution in [1.82, 2.24) is 9.80 Å². The van der Waals surface area contributed by atoms with Crippen LogP contribution in [-0.2, 0) is 0 Å². The van der Waals surface area contributed by atoms with E-state index in [1.165, 1.54) is 90.6 Å². The lowest BCUT2D eigenvalue weighted by molar-refractivity contribution is 0.201. The van der Waals surface area contributed by atoms with Gasteiger partial charge in [-0.2, -0.15) is 0 Å². The molecule has 0 unspecified atom stereocenters. The summed E-state index contributed by atoms with van der Waals surface area (Å²) in [6.07, 6.45) is 10.4. The Morgan fingerprint density at radius 3 is 2.00 bits per heavy atom. The summed E-state index contributed by atoms with van der Waals surface area (Å²) >= 11 is 0. The number of rotatable bonds is 11. The van der Waals surface area contributed by atoms with Gasteiger partial charge in [0, 0.05) is 6.04 Å². The van der Waals surface area contributed by atoms with E-state index in [4.69, 9.17) is 5.73 Å². The number of piperidine rings is 1. The average Bonchev–Trinajstić information content (AvgIpc) is 2.47. The van der Waals surface area contributed by atoms with E-state index in [0.29, 0.717) is 6.04 Å². The molecule has 0 radical (unpaired) electrons. The fraction of sp³-hybridized carbons (Fsp3) is 1.00. The summed E-state index contributed by atoms with van der Waals surface area (Å²) in [5, 5.41) is 0. The van der Waals surface area contributed by atoms with E-state index in [-0.39, 0.29) is 0 Å². The molecule has 120 valence electrons. The molecule has 1 aliphatic heterocycles. The molecule has 0 amide bonds. The van der Waals surface area contributed by atoms with Crippen molar-refractivity contribution in [3.63, 3.8) is 0 Å². The van der Waals surface area contributed by atoms with Gasteiger partial charge in [-0.15, -0.1) is 0 Å². The van der Waals surface area contributed by atoms with E-state index in [1.54, 1.807) is 0 Å². The van der Waals surface area contributed by atoms with Crippen molar-refractivity contribution in [2.75, 3.05) is 39.3 Å². The van der Waals surface area contributed by atoms with Crippen molar-refractivity contribution in [1.29, 1.82) is 0 Å². The lowest BCUT2D eigenvalue weighted by atomic mass is 10.1. The molecule has 0 aromatic heterocycles. The predicted molar refractivity (Wildman–Crippen MR) is 89.1 cm³/mol. The molecule has 0 saturated carbocycles. The zero-order valence-electron chi connectivity index (χ0n) is 13.9. The largest absolute Gasteiger partial charge is 0.328 e. The molecular weight excluding hydrogens is 246 g/mol. The molecular formula is C17H37N3. The topological polar surface area (TPSA) is 32.5 Å². The lowest BCUT2D eigenvalue weighted by Crippen LogP contribution is -2.40. The number of hydrogen-bond donors (Lipinski definition) is 1. The van der Waals surface area contributed by atoms with Crippen LogP contribution >= 0.6 is 0 Å². The first-order valence-electron chi connectivity index (χ1n) is 8.96. The first-order chi connectivity index (χ1) is 9.76. The fourth-order valence-electron chi connectivity index (χ4n) is 2.95. The third kappa shape index (κ3) is 8.23. The van der Waals surface area contributed by atoms with E-state index in [2.05, 4.69) is 23.6 Å². The van der Waals surface area contributed by atoms with Gasteiger partial charge in [-0.3, -0.25) is 0 Å². The highest BCUT2D eigenvalue weighted by Crippen LogP contribution is 2.09. The average molecular weight is 284 g/mol. The van der Waals surface area contributed by atoms with Gasteiger partial charge in [-0.1, -0.05) is 26.7 Å². The molecule has 20 heavy (non-hydrogen) atoms. The highest BCUT2D eigenvalue weighted by Gasteiger charge is 2.15. The molecule has 2 N–H and O–H groups in total. The Morgan fingerprint density at radius 2 is 1.45 bits per heavy atom. The summed E-state index contributed by atoms with van der Waals surface area (Å²) in [7, 11) is 0. The van der Waals surface area contributed by atoms with Crippen molar-refractivity contribution in [3.8, 4) is 0 Å². The fourth-order valence-corrected chi connectivity index (χ4v) is 2.95. The van der Waals surface area contributed by atoms with Gasteiger partial charge in [0.15, 0.2) is 0 Å². The van der Waals surface area contributed by atoms with Gasteiger partial charge in [0.1, 0.15) is 0 Å². The minimum absolute atomic E-state index is 0.463. The summed E-state index contributed by atoms with van der Waals surface area (Å²) in [4.78, 5) is 5.28. The number of nitrogens with zero attached hydrogens (tertiary/aromatic N) is 2. The molecule has 0 bridgehead atoms. The van der Waals surface area contributed by atoms with Crippen LogP contribution < -0.4 is 5.73 Å². The minimum atomic E-state index is 0.463. The molecule has 1 rings (SSSR count). The second-order valence-corrected chi connectivity index (χ2v) is 6.43. The van der Waals surface area contributed by atoms with Crippen LogP contribution in [0.1, 0.15) is 65.2 Å². The van der Waals surface area contributed by atoms with Gasteiger partial charge < -0.3 is 15.5 Å². The van der Waals surface area contributed by atoms with Crippen LogP contribution in [0.25, 0.3) is 0 Å². The van der Waals surface area contributed by atoms with Gasteiger partial charge >= 0.3 is 0 Å². The third-order valence-corrected chi connectivity index (χ3v) is 4.49. The Labute approximate surface area is 126 Å². The van der Waals surface area contributed by atoms with Gasteiger partial charge in [-0.05, 0) is 77.8 Å². The zero-order valence-corrected chi connectivity index (χ0v) is 13.9. The van der Waals surface area contributed by atoms with Crippen molar-refractivity contribution >= 4 is 0 Å². The molecule has 3 heteroatoms. The van der Waals surface area contributed by atoms with Gasteiger partial charge in [0.2, 0.25) is 0 Å². The van der Waals surface area contributed by atoms with Crippen LogP contribution in [0.3, 0.4) is 0 Å². The van der Waals surface area contributed by atoms with Crippen molar-refractivity contribution < 1.29 is 0 Å². The molecule has 0 aliphatic carbocycles. The van der Waals surface area contributed by atoms with Crippen LogP contribution in [0.4, 0.5) is 0 Å². The quantitative estimate of drug-likeness (QED) is 0.591. The molecule has 1 fully saturated rings. The normalized spacial score (nSPS) is 18.0. The zero-order chi connectivity index (χ0) is 14.6. The van der Waals surface area contributed by atoms with Gasteiger partial charge in [0.25, 0.3) is 0 Å². The van der Waals surface area contributed by atoms with E-state index < -0.39 is 0 Å². The van der Waals surface area contributed by atoms with Crippen LogP contribution in [-0.4, -0.2) is 55.1 Å². The maximum atomic E-state index is 5.95. The molecule has 0 aromatic carbocycles. The lowest BCUT2D eigenvalue weighted by Gasteiger charge is -2.30. The maximum absolute atomic E-state index is 5.95. The summed E-state index contributed by atoms with van der Waals surface area (Å²) < 4.78 is 0. The SMILES string of the molecule is CCCCN(CCCC)CCCCN1CCC(N)CC1. The molecule has 1 aliphatic rings. The Kier molecular flexibility index (Phi) is 10.3. The van der Waals surface area contributed by atoms with Crippen LogP contribution in [0, 0.1) is 0 Å². The van der Waals surface area contributed by atoms with Crippen LogP contribution in [0.15, 0.2) is 0 Å². The Hall–Kier alpha value is -0.120. The molecule has 3 nitrogen and oxygen atoms in total. The van der Waals surface area contributed by atoms with Crippen molar-refractivity contribution in [2.45, 2.75) is 71.3 Å². The van der Waals surface area contributed by atoms with E-state index in [1.807, 2.05) is 0 Å². The Bertz CT molecular complexity index is 204. The second-order valence-electron chi connectivity index (χ2n) is 6.43. The van der Waals surface area contributed by atoms with Crippen LogP contribution in [0.5, 0.6) is 0 Å². The van der Waals surface area contributed by atoms with Crippen LogP contribution in [0.2, 0.25) is 0 Å². The minimum Gasteiger partial charge on any atom is -0.328 e. The first kappa shape index (κ1) is 17.9. The Balaban J connectivity index is 2.06. The summed E-state index contributed by atoms with van der Waals surface area (Å²) in [6.45, 7) is 12.2. The summed E-state index contributed by atoms with van der Waals surface area (Å²) in [5.74, 6) is 0. The van der Waals surface area contributed by atoms with Gasteiger partial charge in [0.05, 0.1) is 0 Å². The molecule has 0 atom stereocenters. The van der Waals surface area contributed by atoms with E-state index >= 15 is 0 Å². The highest BCUT2D eigenvalue weighted by molar-refractivity contribution is 4.74. The van der Waals surface area contributed by atoms with E-state index in [0.717, 1.165) is 0 Å². The molecule has 1 saturated heterocycles. The second kappa shape index (κ2) is 11.5. The molecule has 1 heterocycles. The molecule has 0 aromatic rings. The third-order valence-electron chi connectivity index (χ3n) is 4.49. The van der Waals surface area contributed by atoms with E-state index in [9.17, 15) is 0 Å². The standard InChI is InChI=1S/C17H37N3/c1-3-5-11-19(12-6-4-2)13-7-8-14-20-15-9-17(18)10-16-20/h17H,3-16,18H2,1-2H3. The number of hydrogen-bond acceptors (Lipinski definition) is 3. The number of likely N-dealkylation sites (tertiary alicyclic amines) is 1. The number of nitrogens with two attached hydrogens (primary N) is 1. The molecule has 0 spiro atoms. The number of unbranched alkanes of at least 4 members (excludes halogenated alkanes) is 3. The first-order valence-corrected chi connectivity index (χ1v) is 8.96. The monoisotopic (exact) mass is 283 g/mol. The van der Waals surface area contributed by atoms with Gasteiger partial charge in [-0.25, -0.2) is 0 Å². The summed E-state index contributed by atoms with van der Waals surface area (Å²) in [6, 6.07) is 0.463. The van der Waals surface area contributed by atoms with Crippen molar-refractivity contribution in [3.05, 3.63) is 0 Å². The predicted octanol–water partition coefficient (Wildman–Crippen LogP) is 3.09. The highest BCUT2D eigenvalue weighted by atomic mass is 15.1.